The second-order valence-corrected chi connectivity index (χ2v) is 5.31. The number of carbonyl (C=O) groups is 1. The molecule has 0 aliphatic carbocycles. The minimum absolute atomic E-state index is 0.0549. The Balaban J connectivity index is 1.94. The normalized spacial score (nSPS) is 16.2. The summed E-state index contributed by atoms with van der Waals surface area (Å²) in [7, 11) is 0. The minimum Gasteiger partial charge on any atom is -0.389 e. The van der Waals surface area contributed by atoms with Crippen LogP contribution in [0.5, 0.6) is 0 Å². The van der Waals surface area contributed by atoms with Gasteiger partial charge in [-0.3, -0.25) is 4.79 Å². The number of nitrogens with two attached hydrogens (primary N) is 1. The highest BCUT2D eigenvalue weighted by molar-refractivity contribution is 7.80. The molecule has 102 valence electrons. The summed E-state index contributed by atoms with van der Waals surface area (Å²) in [6, 6.07) is 8.32. The standard InChI is InChI=1S/C14H19N3OS/c1-10(18)16-12-6-8-17(9-7-12)13-4-2-11(3-5-13)14(15)19/h2-5,12H,6-9H2,1H3,(H2,15,19)(H,16,18). The van der Waals surface area contributed by atoms with Crippen LogP contribution in [-0.2, 0) is 4.79 Å². The van der Waals surface area contributed by atoms with Crippen molar-refractivity contribution < 1.29 is 4.79 Å². The molecule has 1 aliphatic rings. The van der Waals surface area contributed by atoms with Crippen molar-refractivity contribution in [3.8, 4) is 0 Å². The summed E-state index contributed by atoms with van der Waals surface area (Å²) in [6.45, 7) is 3.48. The molecule has 3 N–H and O–H groups in total. The number of amides is 1. The number of nitrogens with one attached hydrogen (secondary N) is 1. The molecule has 0 atom stereocenters. The van der Waals surface area contributed by atoms with Crippen molar-refractivity contribution in [1.82, 2.24) is 5.32 Å². The molecule has 2 rings (SSSR count). The van der Waals surface area contributed by atoms with Gasteiger partial charge in [-0.1, -0.05) is 12.2 Å². The zero-order valence-electron chi connectivity index (χ0n) is 11.1. The van der Waals surface area contributed by atoms with Crippen LogP contribution in [0.25, 0.3) is 0 Å². The first-order valence-corrected chi connectivity index (χ1v) is 6.89. The quantitative estimate of drug-likeness (QED) is 0.821. The minimum atomic E-state index is 0.0549. The SMILES string of the molecule is CC(=O)NC1CCN(c2ccc(C(N)=S)cc2)CC1. The second-order valence-electron chi connectivity index (χ2n) is 4.87. The number of carbonyl (C=O) groups excluding carboxylic acids is 1. The van der Waals surface area contributed by atoms with E-state index in [9.17, 15) is 4.79 Å². The average molecular weight is 277 g/mol. The second kappa shape index (κ2) is 6.02. The molecule has 1 heterocycles. The number of rotatable bonds is 3. The van der Waals surface area contributed by atoms with Crippen LogP contribution in [0.4, 0.5) is 5.69 Å². The van der Waals surface area contributed by atoms with E-state index in [1.165, 1.54) is 5.69 Å². The Morgan fingerprint density at radius 3 is 2.37 bits per heavy atom. The first kappa shape index (κ1) is 13.8. The largest absolute Gasteiger partial charge is 0.389 e. The van der Waals surface area contributed by atoms with Crippen molar-refractivity contribution in [1.29, 1.82) is 0 Å². The maximum atomic E-state index is 11.0. The number of hydrogen-bond donors (Lipinski definition) is 2. The number of hydrogen-bond acceptors (Lipinski definition) is 3. The van der Waals surface area contributed by atoms with Gasteiger partial charge in [0.05, 0.1) is 0 Å². The fourth-order valence-corrected chi connectivity index (χ4v) is 2.54. The van der Waals surface area contributed by atoms with E-state index in [0.29, 0.717) is 11.0 Å². The summed E-state index contributed by atoms with van der Waals surface area (Å²) < 4.78 is 0. The smallest absolute Gasteiger partial charge is 0.217 e. The van der Waals surface area contributed by atoms with Gasteiger partial charge in [0.25, 0.3) is 0 Å². The van der Waals surface area contributed by atoms with Crippen molar-refractivity contribution in [3.63, 3.8) is 0 Å². The molecule has 0 unspecified atom stereocenters. The number of nitrogens with zero attached hydrogens (tertiary/aromatic N) is 1. The predicted molar refractivity (Wildman–Crippen MR) is 81.4 cm³/mol. The van der Waals surface area contributed by atoms with E-state index in [0.717, 1.165) is 31.5 Å². The van der Waals surface area contributed by atoms with E-state index >= 15 is 0 Å². The Hall–Kier alpha value is -1.62. The third-order valence-corrected chi connectivity index (χ3v) is 3.66. The Kier molecular flexibility index (Phi) is 4.37. The molecule has 1 fully saturated rings. The summed E-state index contributed by atoms with van der Waals surface area (Å²) in [5, 5.41) is 2.98. The Labute approximate surface area is 119 Å². The molecule has 0 bridgehead atoms. The molecule has 4 nitrogen and oxygen atoms in total. The van der Waals surface area contributed by atoms with Crippen molar-refractivity contribution in [2.24, 2.45) is 5.73 Å². The van der Waals surface area contributed by atoms with Gasteiger partial charge in [0, 0.05) is 37.3 Å². The third kappa shape index (κ3) is 3.67. The maximum absolute atomic E-state index is 11.0. The van der Waals surface area contributed by atoms with E-state index in [2.05, 4.69) is 10.2 Å². The van der Waals surface area contributed by atoms with Gasteiger partial charge in [-0.05, 0) is 37.1 Å². The van der Waals surface area contributed by atoms with Crippen LogP contribution in [0.2, 0.25) is 0 Å². The highest BCUT2D eigenvalue weighted by atomic mass is 32.1. The molecule has 0 radical (unpaired) electrons. The predicted octanol–water partition coefficient (Wildman–Crippen LogP) is 1.43. The summed E-state index contributed by atoms with van der Waals surface area (Å²) in [4.78, 5) is 13.8. The Bertz CT molecular complexity index is 464. The highest BCUT2D eigenvalue weighted by Gasteiger charge is 2.19. The van der Waals surface area contributed by atoms with E-state index in [1.807, 2.05) is 24.3 Å². The summed E-state index contributed by atoms with van der Waals surface area (Å²) >= 11 is 4.94. The van der Waals surface area contributed by atoms with Gasteiger partial charge in [-0.2, -0.15) is 0 Å². The molecule has 0 spiro atoms. The molecule has 1 amide bonds. The van der Waals surface area contributed by atoms with E-state index in [-0.39, 0.29) is 5.91 Å². The van der Waals surface area contributed by atoms with E-state index in [4.69, 9.17) is 18.0 Å². The number of benzene rings is 1. The van der Waals surface area contributed by atoms with Crippen molar-refractivity contribution >= 4 is 28.8 Å². The van der Waals surface area contributed by atoms with Crippen molar-refractivity contribution in [2.45, 2.75) is 25.8 Å². The maximum Gasteiger partial charge on any atom is 0.217 e. The number of thiocarbonyl (C=S) groups is 1. The summed E-state index contributed by atoms with van der Waals surface area (Å²) in [5.41, 5.74) is 7.66. The lowest BCUT2D eigenvalue weighted by Gasteiger charge is -2.33. The molecule has 5 heteroatoms. The molecule has 0 saturated carbocycles. The van der Waals surface area contributed by atoms with Crippen molar-refractivity contribution in [2.75, 3.05) is 18.0 Å². The molecule has 1 saturated heterocycles. The van der Waals surface area contributed by atoms with Gasteiger partial charge in [0.15, 0.2) is 0 Å². The van der Waals surface area contributed by atoms with Crippen molar-refractivity contribution in [3.05, 3.63) is 29.8 Å². The topological polar surface area (TPSA) is 58.4 Å². The van der Waals surface area contributed by atoms with Crippen LogP contribution in [0.1, 0.15) is 25.3 Å². The van der Waals surface area contributed by atoms with Gasteiger partial charge < -0.3 is 16.0 Å². The fraction of sp³-hybridized carbons (Fsp3) is 0.429. The molecular weight excluding hydrogens is 258 g/mol. The van der Waals surface area contributed by atoms with Gasteiger partial charge in [0.1, 0.15) is 4.99 Å². The zero-order valence-corrected chi connectivity index (χ0v) is 11.9. The first-order chi connectivity index (χ1) is 9.06. The van der Waals surface area contributed by atoms with E-state index < -0.39 is 0 Å². The van der Waals surface area contributed by atoms with E-state index in [1.54, 1.807) is 6.92 Å². The van der Waals surface area contributed by atoms with Crippen LogP contribution in [0, 0.1) is 0 Å². The van der Waals surface area contributed by atoms with Gasteiger partial charge >= 0.3 is 0 Å². The first-order valence-electron chi connectivity index (χ1n) is 6.48. The van der Waals surface area contributed by atoms with Gasteiger partial charge in [-0.15, -0.1) is 0 Å². The Morgan fingerprint density at radius 1 is 1.32 bits per heavy atom. The van der Waals surface area contributed by atoms with Crippen LogP contribution < -0.4 is 16.0 Å². The molecule has 1 aliphatic heterocycles. The lowest BCUT2D eigenvalue weighted by Crippen LogP contribution is -2.44. The monoisotopic (exact) mass is 277 g/mol. The molecule has 1 aromatic rings. The Morgan fingerprint density at radius 2 is 1.89 bits per heavy atom. The average Bonchev–Trinajstić information content (AvgIpc) is 2.39. The molecular formula is C14H19N3OS. The number of piperidine rings is 1. The zero-order chi connectivity index (χ0) is 13.8. The van der Waals surface area contributed by atoms with Crippen LogP contribution >= 0.6 is 12.2 Å². The molecule has 19 heavy (non-hydrogen) atoms. The number of anilines is 1. The van der Waals surface area contributed by atoms with Gasteiger partial charge in [0.2, 0.25) is 5.91 Å². The summed E-state index contributed by atoms with van der Waals surface area (Å²) in [6.07, 6.45) is 1.97. The lowest BCUT2D eigenvalue weighted by atomic mass is 10.0. The highest BCUT2D eigenvalue weighted by Crippen LogP contribution is 2.20. The molecule has 0 aromatic heterocycles. The molecule has 1 aromatic carbocycles. The lowest BCUT2D eigenvalue weighted by molar-refractivity contribution is -0.119. The van der Waals surface area contributed by atoms with Gasteiger partial charge in [-0.25, -0.2) is 0 Å². The van der Waals surface area contributed by atoms with Crippen LogP contribution in [0.15, 0.2) is 24.3 Å². The summed E-state index contributed by atoms with van der Waals surface area (Å²) in [5.74, 6) is 0.0549. The fourth-order valence-electron chi connectivity index (χ4n) is 2.41. The van der Waals surface area contributed by atoms with Crippen LogP contribution in [0.3, 0.4) is 0 Å². The third-order valence-electron chi connectivity index (χ3n) is 3.42. The van der Waals surface area contributed by atoms with Crippen LogP contribution in [-0.4, -0.2) is 30.0 Å².